The number of rotatable bonds is 4. The number of amides is 1. The van der Waals surface area contributed by atoms with Gasteiger partial charge >= 0.3 is 0 Å². The highest BCUT2D eigenvalue weighted by molar-refractivity contribution is 6.31. The Bertz CT molecular complexity index is 716. The van der Waals surface area contributed by atoms with Crippen molar-refractivity contribution in [2.75, 3.05) is 13.2 Å². The van der Waals surface area contributed by atoms with Crippen LogP contribution in [0.1, 0.15) is 11.1 Å². The quantitative estimate of drug-likeness (QED) is 0.934. The Labute approximate surface area is 138 Å². The van der Waals surface area contributed by atoms with Crippen LogP contribution in [0.3, 0.4) is 0 Å². The second-order valence-electron chi connectivity index (χ2n) is 5.13. The van der Waals surface area contributed by atoms with Crippen molar-refractivity contribution in [3.05, 3.63) is 58.4 Å². The van der Waals surface area contributed by atoms with Crippen molar-refractivity contribution in [1.82, 2.24) is 5.32 Å². The van der Waals surface area contributed by atoms with E-state index in [1.54, 1.807) is 6.07 Å². The lowest BCUT2D eigenvalue weighted by atomic mass is 10.1. The molecule has 0 atom stereocenters. The van der Waals surface area contributed by atoms with E-state index in [2.05, 4.69) is 5.32 Å². The van der Waals surface area contributed by atoms with Crippen LogP contribution in [0.2, 0.25) is 5.02 Å². The highest BCUT2D eigenvalue weighted by Crippen LogP contribution is 2.30. The van der Waals surface area contributed by atoms with Gasteiger partial charge in [0.25, 0.3) is 0 Å². The molecule has 0 aliphatic carbocycles. The number of halogens is 2. The molecular weight excluding hydrogens is 321 g/mol. The molecule has 2 aromatic carbocycles. The zero-order chi connectivity index (χ0) is 16.2. The van der Waals surface area contributed by atoms with Gasteiger partial charge in [-0.25, -0.2) is 4.39 Å². The summed E-state index contributed by atoms with van der Waals surface area (Å²) in [6.07, 6.45) is -0.101. The van der Waals surface area contributed by atoms with Gasteiger partial charge in [-0.1, -0.05) is 23.7 Å². The lowest BCUT2D eigenvalue weighted by Gasteiger charge is -2.19. The lowest BCUT2D eigenvalue weighted by molar-refractivity contribution is -0.120. The highest BCUT2D eigenvalue weighted by atomic mass is 35.5. The molecule has 0 fully saturated rings. The van der Waals surface area contributed by atoms with Crippen molar-refractivity contribution in [2.24, 2.45) is 0 Å². The number of hydrogen-bond donors (Lipinski definition) is 1. The molecule has 4 nitrogen and oxygen atoms in total. The third-order valence-electron chi connectivity index (χ3n) is 3.50. The minimum atomic E-state index is -0.480. The number of ether oxygens (including phenoxy) is 2. The first-order valence-corrected chi connectivity index (χ1v) is 7.59. The van der Waals surface area contributed by atoms with E-state index in [9.17, 15) is 9.18 Å². The second-order valence-corrected chi connectivity index (χ2v) is 5.54. The first kappa shape index (κ1) is 15.6. The number of fused-ring (bicyclic) bond motifs is 1. The first-order valence-electron chi connectivity index (χ1n) is 7.21. The molecule has 2 aromatic rings. The van der Waals surface area contributed by atoms with Crippen LogP contribution in [-0.4, -0.2) is 19.1 Å². The fourth-order valence-electron chi connectivity index (χ4n) is 2.32. The molecule has 0 saturated heterocycles. The van der Waals surface area contributed by atoms with Gasteiger partial charge in [0.1, 0.15) is 19.0 Å². The Morgan fingerprint density at radius 3 is 2.74 bits per heavy atom. The van der Waals surface area contributed by atoms with Gasteiger partial charge in [-0.3, -0.25) is 4.79 Å². The number of carbonyl (C=O) groups excluding carboxylic acids is 1. The lowest BCUT2D eigenvalue weighted by Crippen LogP contribution is -2.25. The van der Waals surface area contributed by atoms with Gasteiger partial charge in [0, 0.05) is 17.1 Å². The molecular formula is C17H15ClFNO3. The predicted octanol–water partition coefficient (Wildman–Crippen LogP) is 3.11. The van der Waals surface area contributed by atoms with Crippen molar-refractivity contribution < 1.29 is 18.7 Å². The topological polar surface area (TPSA) is 47.6 Å². The Kier molecular flexibility index (Phi) is 4.67. The summed E-state index contributed by atoms with van der Waals surface area (Å²) in [6.45, 7) is 1.36. The van der Waals surface area contributed by atoms with Crippen LogP contribution in [0.25, 0.3) is 0 Å². The third-order valence-corrected chi connectivity index (χ3v) is 3.85. The molecule has 23 heavy (non-hydrogen) atoms. The molecule has 6 heteroatoms. The van der Waals surface area contributed by atoms with E-state index in [1.165, 1.54) is 12.1 Å². The molecule has 3 rings (SSSR count). The van der Waals surface area contributed by atoms with E-state index in [0.29, 0.717) is 31.3 Å². The first-order chi connectivity index (χ1) is 11.1. The molecule has 1 N–H and O–H groups in total. The largest absolute Gasteiger partial charge is 0.486 e. The van der Waals surface area contributed by atoms with Gasteiger partial charge in [0.2, 0.25) is 5.91 Å². The minimum Gasteiger partial charge on any atom is -0.486 e. The summed E-state index contributed by atoms with van der Waals surface area (Å²) in [7, 11) is 0. The molecule has 1 aliphatic rings. The van der Waals surface area contributed by atoms with Crippen LogP contribution in [0.5, 0.6) is 11.5 Å². The highest BCUT2D eigenvalue weighted by Gasteiger charge is 2.14. The summed E-state index contributed by atoms with van der Waals surface area (Å²) >= 11 is 5.92. The van der Waals surface area contributed by atoms with E-state index in [0.717, 1.165) is 5.56 Å². The molecule has 1 amide bonds. The summed E-state index contributed by atoms with van der Waals surface area (Å²) in [5.74, 6) is 0.587. The standard InChI is InChI=1S/C17H15ClFNO3/c18-13-2-1-3-14(19)12(13)9-17(21)20-10-11-4-5-15-16(8-11)23-7-6-22-15/h1-5,8H,6-7,9-10H2,(H,20,21). The molecule has 1 heterocycles. The van der Waals surface area contributed by atoms with Gasteiger partial charge in [-0.05, 0) is 29.8 Å². The third kappa shape index (κ3) is 3.74. The van der Waals surface area contributed by atoms with Crippen LogP contribution in [-0.2, 0) is 17.8 Å². The molecule has 0 radical (unpaired) electrons. The number of nitrogens with one attached hydrogen (secondary N) is 1. The predicted molar refractivity (Wildman–Crippen MR) is 84.4 cm³/mol. The monoisotopic (exact) mass is 335 g/mol. The van der Waals surface area contributed by atoms with Crippen molar-refractivity contribution in [2.45, 2.75) is 13.0 Å². The number of benzene rings is 2. The average Bonchev–Trinajstić information content (AvgIpc) is 2.56. The van der Waals surface area contributed by atoms with Crippen LogP contribution in [0.4, 0.5) is 4.39 Å². The van der Waals surface area contributed by atoms with E-state index in [1.807, 2.05) is 18.2 Å². The van der Waals surface area contributed by atoms with Crippen LogP contribution >= 0.6 is 11.6 Å². The molecule has 1 aliphatic heterocycles. The van der Waals surface area contributed by atoms with Crippen molar-refractivity contribution in [3.63, 3.8) is 0 Å². The number of hydrogen-bond acceptors (Lipinski definition) is 3. The summed E-state index contributed by atoms with van der Waals surface area (Å²) < 4.78 is 24.6. The molecule has 0 saturated carbocycles. The fourth-order valence-corrected chi connectivity index (χ4v) is 2.55. The summed E-state index contributed by atoms with van der Waals surface area (Å²) in [5, 5.41) is 3.00. The van der Waals surface area contributed by atoms with Gasteiger partial charge in [0.15, 0.2) is 11.5 Å². The Morgan fingerprint density at radius 1 is 1.17 bits per heavy atom. The molecule has 0 spiro atoms. The normalized spacial score (nSPS) is 12.8. The zero-order valence-corrected chi connectivity index (χ0v) is 13.0. The second kappa shape index (κ2) is 6.87. The Hall–Kier alpha value is -2.27. The minimum absolute atomic E-state index is 0.101. The Balaban J connectivity index is 1.61. The molecule has 120 valence electrons. The SMILES string of the molecule is O=C(Cc1c(F)cccc1Cl)NCc1ccc2c(c1)OCCO2. The average molecular weight is 336 g/mol. The summed E-state index contributed by atoms with van der Waals surface area (Å²) in [6, 6.07) is 9.84. The van der Waals surface area contributed by atoms with E-state index in [-0.39, 0.29) is 22.9 Å². The summed E-state index contributed by atoms with van der Waals surface area (Å²) in [4.78, 5) is 12.0. The Morgan fingerprint density at radius 2 is 1.96 bits per heavy atom. The maximum absolute atomic E-state index is 13.7. The van der Waals surface area contributed by atoms with Crippen LogP contribution < -0.4 is 14.8 Å². The van der Waals surface area contributed by atoms with Gasteiger partial charge in [0.05, 0.1) is 6.42 Å². The maximum atomic E-state index is 13.7. The van der Waals surface area contributed by atoms with Crippen LogP contribution in [0.15, 0.2) is 36.4 Å². The molecule has 0 unspecified atom stereocenters. The molecule has 0 aromatic heterocycles. The van der Waals surface area contributed by atoms with Gasteiger partial charge in [-0.15, -0.1) is 0 Å². The zero-order valence-electron chi connectivity index (χ0n) is 12.3. The van der Waals surface area contributed by atoms with E-state index < -0.39 is 5.82 Å². The van der Waals surface area contributed by atoms with Crippen LogP contribution in [0, 0.1) is 5.82 Å². The van der Waals surface area contributed by atoms with Crippen molar-refractivity contribution in [3.8, 4) is 11.5 Å². The fraction of sp³-hybridized carbons (Fsp3) is 0.235. The maximum Gasteiger partial charge on any atom is 0.224 e. The summed E-state index contributed by atoms with van der Waals surface area (Å²) in [5.41, 5.74) is 1.08. The van der Waals surface area contributed by atoms with E-state index in [4.69, 9.17) is 21.1 Å². The van der Waals surface area contributed by atoms with Gasteiger partial charge in [-0.2, -0.15) is 0 Å². The smallest absolute Gasteiger partial charge is 0.224 e. The molecule has 0 bridgehead atoms. The van der Waals surface area contributed by atoms with Crippen molar-refractivity contribution >= 4 is 17.5 Å². The van der Waals surface area contributed by atoms with Crippen molar-refractivity contribution in [1.29, 1.82) is 0 Å². The number of carbonyl (C=O) groups is 1. The van der Waals surface area contributed by atoms with E-state index >= 15 is 0 Å². The van der Waals surface area contributed by atoms with Gasteiger partial charge < -0.3 is 14.8 Å².